The zero-order valence-electron chi connectivity index (χ0n) is 9.65. The van der Waals surface area contributed by atoms with Gasteiger partial charge >= 0.3 is 0 Å². The maximum Gasteiger partial charge on any atom is 0.0864 e. The van der Waals surface area contributed by atoms with Crippen molar-refractivity contribution in [2.75, 3.05) is 11.9 Å². The largest absolute Gasteiger partial charge is 0.394 e. The number of aliphatic hydroxyl groups is 1. The molecule has 0 spiro atoms. The minimum absolute atomic E-state index is 0.0829. The van der Waals surface area contributed by atoms with Crippen molar-refractivity contribution in [1.82, 2.24) is 4.98 Å². The molecule has 90 valence electrons. The lowest BCUT2D eigenvalue weighted by molar-refractivity contribution is 0.272. The van der Waals surface area contributed by atoms with Crippen LogP contribution in [0.4, 0.5) is 5.69 Å². The number of halogens is 1. The summed E-state index contributed by atoms with van der Waals surface area (Å²) in [4.78, 5) is 4.35. The molecule has 0 saturated carbocycles. The first-order chi connectivity index (χ1) is 8.26. The van der Waals surface area contributed by atoms with E-state index in [-0.39, 0.29) is 12.6 Å². The summed E-state index contributed by atoms with van der Waals surface area (Å²) in [5.41, 5.74) is 1.95. The molecule has 4 heteroatoms. The number of aliphatic hydroxyl groups excluding tert-OH is 1. The Kier molecular flexibility index (Phi) is 3.97. The Labute approximate surface area is 109 Å². The van der Waals surface area contributed by atoms with E-state index in [9.17, 15) is 5.11 Å². The van der Waals surface area contributed by atoms with E-state index in [0.717, 1.165) is 27.5 Å². The van der Waals surface area contributed by atoms with Crippen molar-refractivity contribution >= 4 is 32.5 Å². The number of fused-ring (bicyclic) bond motifs is 1. The number of nitrogens with zero attached hydrogens (tertiary/aromatic N) is 1. The molecule has 0 unspecified atom stereocenters. The topological polar surface area (TPSA) is 45.1 Å². The van der Waals surface area contributed by atoms with Gasteiger partial charge in [-0.25, -0.2) is 0 Å². The highest BCUT2D eigenvalue weighted by molar-refractivity contribution is 9.10. The van der Waals surface area contributed by atoms with Gasteiger partial charge in [-0.1, -0.05) is 19.1 Å². The van der Waals surface area contributed by atoms with Crippen molar-refractivity contribution in [2.45, 2.75) is 19.4 Å². The molecule has 0 amide bonds. The molecule has 0 aliphatic heterocycles. The molecular formula is C13H15BrN2O. The summed E-state index contributed by atoms with van der Waals surface area (Å²) in [6.45, 7) is 2.18. The van der Waals surface area contributed by atoms with Crippen molar-refractivity contribution in [1.29, 1.82) is 0 Å². The van der Waals surface area contributed by atoms with Crippen LogP contribution in [0.15, 0.2) is 34.9 Å². The van der Waals surface area contributed by atoms with E-state index in [2.05, 4.69) is 26.2 Å². The quantitative estimate of drug-likeness (QED) is 0.910. The average Bonchev–Trinajstić information content (AvgIpc) is 2.37. The lowest BCUT2D eigenvalue weighted by Gasteiger charge is -2.17. The minimum atomic E-state index is 0.0829. The molecule has 2 aromatic rings. The van der Waals surface area contributed by atoms with Gasteiger partial charge in [-0.2, -0.15) is 0 Å². The second-order valence-electron chi connectivity index (χ2n) is 3.93. The highest BCUT2D eigenvalue weighted by Crippen LogP contribution is 2.27. The van der Waals surface area contributed by atoms with Crippen LogP contribution in [0.5, 0.6) is 0 Å². The van der Waals surface area contributed by atoms with Crippen molar-refractivity contribution < 1.29 is 5.11 Å². The molecule has 2 N–H and O–H groups in total. The summed E-state index contributed by atoms with van der Waals surface area (Å²) in [6, 6.07) is 8.01. The van der Waals surface area contributed by atoms with Crippen LogP contribution in [0.1, 0.15) is 13.3 Å². The standard InChI is InChI=1S/C13H15BrN2O/c1-2-9(8-17)16-12-6-7-15-13-10(12)4-3-5-11(13)14/h3-7,9,17H,2,8H2,1H3,(H,15,16)/t9-/m1/s1. The Morgan fingerprint density at radius 3 is 2.94 bits per heavy atom. The highest BCUT2D eigenvalue weighted by Gasteiger charge is 2.08. The summed E-state index contributed by atoms with van der Waals surface area (Å²) in [5, 5.41) is 13.6. The number of hydrogen-bond acceptors (Lipinski definition) is 3. The molecule has 1 heterocycles. The maximum atomic E-state index is 9.23. The predicted molar refractivity (Wildman–Crippen MR) is 74.2 cm³/mol. The summed E-state index contributed by atoms with van der Waals surface area (Å²) in [5.74, 6) is 0. The predicted octanol–water partition coefficient (Wildman–Crippen LogP) is 3.18. The third kappa shape index (κ3) is 2.58. The SMILES string of the molecule is CC[C@H](CO)Nc1ccnc2c(Br)cccc12. The van der Waals surface area contributed by atoms with Crippen LogP contribution < -0.4 is 5.32 Å². The van der Waals surface area contributed by atoms with Crippen LogP contribution in [0.25, 0.3) is 10.9 Å². The van der Waals surface area contributed by atoms with Crippen LogP contribution in [0.2, 0.25) is 0 Å². The average molecular weight is 295 g/mol. The molecule has 1 atom stereocenters. The monoisotopic (exact) mass is 294 g/mol. The van der Waals surface area contributed by atoms with E-state index in [1.165, 1.54) is 0 Å². The fourth-order valence-electron chi connectivity index (χ4n) is 1.76. The lowest BCUT2D eigenvalue weighted by Crippen LogP contribution is -2.22. The first-order valence-electron chi connectivity index (χ1n) is 5.67. The van der Waals surface area contributed by atoms with Gasteiger partial charge in [-0.3, -0.25) is 4.98 Å². The number of rotatable bonds is 4. The van der Waals surface area contributed by atoms with Gasteiger partial charge in [0.1, 0.15) is 0 Å². The van der Waals surface area contributed by atoms with E-state index in [4.69, 9.17) is 0 Å². The van der Waals surface area contributed by atoms with Crippen LogP contribution in [0, 0.1) is 0 Å². The molecule has 0 radical (unpaired) electrons. The molecule has 3 nitrogen and oxygen atoms in total. The summed E-state index contributed by atoms with van der Waals surface area (Å²) in [6.07, 6.45) is 2.66. The van der Waals surface area contributed by atoms with E-state index >= 15 is 0 Å². The third-order valence-electron chi connectivity index (χ3n) is 2.79. The first-order valence-corrected chi connectivity index (χ1v) is 6.46. The van der Waals surface area contributed by atoms with Gasteiger partial charge in [0.15, 0.2) is 0 Å². The number of nitrogens with one attached hydrogen (secondary N) is 1. The molecule has 1 aromatic carbocycles. The van der Waals surface area contributed by atoms with E-state index in [0.29, 0.717) is 0 Å². The van der Waals surface area contributed by atoms with E-state index < -0.39 is 0 Å². The molecule has 2 rings (SSSR count). The van der Waals surface area contributed by atoms with E-state index in [1.54, 1.807) is 6.20 Å². The molecule has 0 bridgehead atoms. The molecule has 0 aliphatic carbocycles. The fraction of sp³-hybridized carbons (Fsp3) is 0.308. The maximum absolute atomic E-state index is 9.23. The zero-order chi connectivity index (χ0) is 12.3. The molecule has 0 saturated heterocycles. The Hall–Kier alpha value is -1.13. The van der Waals surface area contributed by atoms with Gasteiger partial charge in [0.25, 0.3) is 0 Å². The number of pyridine rings is 1. The molecule has 17 heavy (non-hydrogen) atoms. The van der Waals surface area contributed by atoms with Crippen LogP contribution in [0.3, 0.4) is 0 Å². The second-order valence-corrected chi connectivity index (χ2v) is 4.78. The second kappa shape index (κ2) is 5.47. The number of para-hydroxylation sites is 1. The Morgan fingerprint density at radius 2 is 2.24 bits per heavy atom. The Morgan fingerprint density at radius 1 is 1.41 bits per heavy atom. The van der Waals surface area contributed by atoms with Crippen molar-refractivity contribution in [3.05, 3.63) is 34.9 Å². The summed E-state index contributed by atoms with van der Waals surface area (Å²) < 4.78 is 0.982. The summed E-state index contributed by atoms with van der Waals surface area (Å²) in [7, 11) is 0. The van der Waals surface area contributed by atoms with Gasteiger partial charge in [0.2, 0.25) is 0 Å². The first kappa shape index (κ1) is 12.3. The number of benzene rings is 1. The number of anilines is 1. The fourth-order valence-corrected chi connectivity index (χ4v) is 2.23. The Bertz CT molecular complexity index is 512. The molecular weight excluding hydrogens is 280 g/mol. The number of aromatic nitrogens is 1. The van der Waals surface area contributed by atoms with Crippen LogP contribution in [-0.4, -0.2) is 22.7 Å². The zero-order valence-corrected chi connectivity index (χ0v) is 11.2. The van der Waals surface area contributed by atoms with Gasteiger partial charge in [0.05, 0.1) is 12.1 Å². The summed E-state index contributed by atoms with van der Waals surface area (Å²) >= 11 is 3.49. The number of hydrogen-bond donors (Lipinski definition) is 2. The van der Waals surface area contributed by atoms with Gasteiger partial charge < -0.3 is 10.4 Å². The Balaban J connectivity index is 2.44. The third-order valence-corrected chi connectivity index (χ3v) is 3.43. The normalized spacial score (nSPS) is 12.6. The van der Waals surface area contributed by atoms with E-state index in [1.807, 2.05) is 31.2 Å². The lowest BCUT2D eigenvalue weighted by atomic mass is 10.1. The van der Waals surface area contributed by atoms with Gasteiger partial charge in [-0.15, -0.1) is 0 Å². The molecule has 0 aliphatic rings. The smallest absolute Gasteiger partial charge is 0.0864 e. The highest BCUT2D eigenvalue weighted by atomic mass is 79.9. The molecule has 0 fully saturated rings. The van der Waals surface area contributed by atoms with Gasteiger partial charge in [0, 0.05) is 27.8 Å². The van der Waals surface area contributed by atoms with Crippen LogP contribution >= 0.6 is 15.9 Å². The van der Waals surface area contributed by atoms with Gasteiger partial charge in [-0.05, 0) is 34.5 Å². The molecule has 1 aromatic heterocycles. The minimum Gasteiger partial charge on any atom is -0.394 e. The van der Waals surface area contributed by atoms with Crippen molar-refractivity contribution in [3.8, 4) is 0 Å². The van der Waals surface area contributed by atoms with Crippen LogP contribution in [-0.2, 0) is 0 Å². The van der Waals surface area contributed by atoms with Crippen molar-refractivity contribution in [2.24, 2.45) is 0 Å². The van der Waals surface area contributed by atoms with Crippen molar-refractivity contribution in [3.63, 3.8) is 0 Å².